The second kappa shape index (κ2) is 5.84. The smallest absolute Gasteiger partial charge is 0.152 e. The van der Waals surface area contributed by atoms with Crippen molar-refractivity contribution in [1.29, 1.82) is 0 Å². The molecule has 0 aliphatic carbocycles. The minimum atomic E-state index is -0.609. The van der Waals surface area contributed by atoms with Crippen molar-refractivity contribution in [2.24, 2.45) is 0 Å². The maximum atomic E-state index is 13.2. The van der Waals surface area contributed by atoms with Gasteiger partial charge in [0.15, 0.2) is 5.15 Å². The molecule has 0 radical (unpaired) electrons. The third kappa shape index (κ3) is 3.64. The van der Waals surface area contributed by atoms with E-state index in [4.69, 9.17) is 11.6 Å². The van der Waals surface area contributed by atoms with Crippen molar-refractivity contribution >= 4 is 33.2 Å². The molecule has 1 aromatic heterocycles. The molecular formula is C13H10BrClF2N2. The average Bonchev–Trinajstić information content (AvgIpc) is 2.32. The van der Waals surface area contributed by atoms with Crippen LogP contribution in [-0.2, 0) is 0 Å². The van der Waals surface area contributed by atoms with Crippen molar-refractivity contribution < 1.29 is 8.78 Å². The predicted molar refractivity (Wildman–Crippen MR) is 75.3 cm³/mol. The molecule has 0 amide bonds. The van der Waals surface area contributed by atoms with Crippen LogP contribution in [0, 0.1) is 11.6 Å². The third-order valence-electron chi connectivity index (χ3n) is 2.56. The summed E-state index contributed by atoms with van der Waals surface area (Å²) in [5, 5.41) is 3.36. The van der Waals surface area contributed by atoms with Crippen molar-refractivity contribution in [2.75, 3.05) is 5.32 Å². The van der Waals surface area contributed by atoms with Gasteiger partial charge in [-0.1, -0.05) is 11.6 Å². The van der Waals surface area contributed by atoms with Gasteiger partial charge in [-0.15, -0.1) is 0 Å². The zero-order valence-electron chi connectivity index (χ0n) is 9.92. The van der Waals surface area contributed by atoms with Crippen LogP contribution in [0.5, 0.6) is 0 Å². The Morgan fingerprint density at radius 3 is 2.47 bits per heavy atom. The van der Waals surface area contributed by atoms with E-state index in [2.05, 4.69) is 26.2 Å². The van der Waals surface area contributed by atoms with Crippen LogP contribution >= 0.6 is 27.5 Å². The zero-order chi connectivity index (χ0) is 14.0. The standard InChI is InChI=1S/C13H10BrClF2N2/c1-7(8-2-10(16)5-11(17)3-8)19-12-4-9(14)6-18-13(12)15/h2-7,19H,1H3. The number of hydrogen-bond donors (Lipinski definition) is 1. The highest BCUT2D eigenvalue weighted by Crippen LogP contribution is 2.27. The Morgan fingerprint density at radius 2 is 1.84 bits per heavy atom. The molecule has 6 heteroatoms. The lowest BCUT2D eigenvalue weighted by Crippen LogP contribution is -2.08. The normalized spacial score (nSPS) is 12.3. The van der Waals surface area contributed by atoms with E-state index < -0.39 is 11.6 Å². The molecule has 0 fully saturated rings. The number of rotatable bonds is 3. The average molecular weight is 348 g/mol. The Hall–Kier alpha value is -1.20. The van der Waals surface area contributed by atoms with E-state index in [0.29, 0.717) is 16.4 Å². The zero-order valence-corrected chi connectivity index (χ0v) is 12.3. The molecule has 2 rings (SSSR count). The van der Waals surface area contributed by atoms with Crippen molar-refractivity contribution in [3.8, 4) is 0 Å². The highest BCUT2D eigenvalue weighted by atomic mass is 79.9. The topological polar surface area (TPSA) is 24.9 Å². The first kappa shape index (κ1) is 14.2. The monoisotopic (exact) mass is 346 g/mol. The van der Waals surface area contributed by atoms with E-state index in [1.807, 2.05) is 0 Å². The molecule has 100 valence electrons. The number of anilines is 1. The van der Waals surface area contributed by atoms with Gasteiger partial charge >= 0.3 is 0 Å². The highest BCUT2D eigenvalue weighted by molar-refractivity contribution is 9.10. The van der Waals surface area contributed by atoms with Crippen LogP contribution in [0.4, 0.5) is 14.5 Å². The summed E-state index contributed by atoms with van der Waals surface area (Å²) in [4.78, 5) is 3.97. The van der Waals surface area contributed by atoms with Crippen LogP contribution < -0.4 is 5.32 Å². The molecule has 1 aromatic carbocycles. The van der Waals surface area contributed by atoms with Crippen LogP contribution in [0.3, 0.4) is 0 Å². The van der Waals surface area contributed by atoms with Gasteiger partial charge in [-0.2, -0.15) is 0 Å². The summed E-state index contributed by atoms with van der Waals surface area (Å²) in [7, 11) is 0. The fourth-order valence-electron chi connectivity index (χ4n) is 1.67. The van der Waals surface area contributed by atoms with Gasteiger partial charge in [0.05, 0.1) is 5.69 Å². The summed E-state index contributed by atoms with van der Waals surface area (Å²) < 4.78 is 27.1. The first-order valence-corrected chi connectivity index (χ1v) is 6.66. The van der Waals surface area contributed by atoms with Crippen LogP contribution in [0.1, 0.15) is 18.5 Å². The molecule has 2 nitrogen and oxygen atoms in total. The van der Waals surface area contributed by atoms with Gasteiger partial charge in [-0.05, 0) is 46.6 Å². The summed E-state index contributed by atoms with van der Waals surface area (Å²) in [6, 6.07) is 4.84. The van der Waals surface area contributed by atoms with Crippen LogP contribution in [-0.4, -0.2) is 4.98 Å². The van der Waals surface area contributed by atoms with Crippen LogP contribution in [0.15, 0.2) is 34.9 Å². The molecule has 1 N–H and O–H groups in total. The van der Waals surface area contributed by atoms with Gasteiger partial charge in [0.2, 0.25) is 0 Å². The molecular weight excluding hydrogens is 338 g/mol. The Kier molecular flexibility index (Phi) is 4.37. The number of aromatic nitrogens is 1. The number of benzene rings is 1. The van der Waals surface area contributed by atoms with E-state index in [0.717, 1.165) is 10.5 Å². The van der Waals surface area contributed by atoms with Gasteiger partial charge < -0.3 is 5.32 Å². The molecule has 0 saturated heterocycles. The summed E-state index contributed by atoms with van der Waals surface area (Å²) in [5.41, 5.74) is 1.08. The summed E-state index contributed by atoms with van der Waals surface area (Å²) in [6.07, 6.45) is 1.57. The fraction of sp³-hybridized carbons (Fsp3) is 0.154. The van der Waals surface area contributed by atoms with Crippen LogP contribution in [0.2, 0.25) is 5.15 Å². The van der Waals surface area contributed by atoms with Crippen molar-refractivity contribution in [1.82, 2.24) is 4.98 Å². The lowest BCUT2D eigenvalue weighted by molar-refractivity contribution is 0.577. The molecule has 0 bridgehead atoms. The van der Waals surface area contributed by atoms with Crippen molar-refractivity contribution in [3.63, 3.8) is 0 Å². The molecule has 1 heterocycles. The van der Waals surface area contributed by atoms with E-state index in [1.54, 1.807) is 19.2 Å². The van der Waals surface area contributed by atoms with Crippen molar-refractivity contribution in [3.05, 3.63) is 57.3 Å². The predicted octanol–water partition coefficient (Wildman–Crippen LogP) is 4.95. The lowest BCUT2D eigenvalue weighted by Gasteiger charge is -2.16. The van der Waals surface area contributed by atoms with E-state index in [1.165, 1.54) is 12.1 Å². The second-order valence-electron chi connectivity index (χ2n) is 4.06. The second-order valence-corrected chi connectivity index (χ2v) is 5.33. The number of halogens is 4. The molecule has 19 heavy (non-hydrogen) atoms. The van der Waals surface area contributed by atoms with Gasteiger partial charge in [-0.3, -0.25) is 0 Å². The summed E-state index contributed by atoms with van der Waals surface area (Å²) in [6.45, 7) is 1.78. The Morgan fingerprint density at radius 1 is 1.21 bits per heavy atom. The van der Waals surface area contributed by atoms with E-state index in [9.17, 15) is 8.78 Å². The number of pyridine rings is 1. The molecule has 1 atom stereocenters. The summed E-state index contributed by atoms with van der Waals surface area (Å²) >= 11 is 9.23. The quantitative estimate of drug-likeness (QED) is 0.795. The van der Waals surface area contributed by atoms with Gasteiger partial charge in [0.25, 0.3) is 0 Å². The third-order valence-corrected chi connectivity index (χ3v) is 3.30. The summed E-state index contributed by atoms with van der Waals surface area (Å²) in [5.74, 6) is -1.22. The molecule has 0 saturated carbocycles. The van der Waals surface area contributed by atoms with Crippen LogP contribution in [0.25, 0.3) is 0 Å². The van der Waals surface area contributed by atoms with Crippen molar-refractivity contribution in [2.45, 2.75) is 13.0 Å². The fourth-order valence-corrected chi connectivity index (χ4v) is 2.15. The van der Waals surface area contributed by atoms with Gasteiger partial charge in [0, 0.05) is 22.8 Å². The Bertz CT molecular complexity index is 587. The lowest BCUT2D eigenvalue weighted by atomic mass is 10.1. The number of nitrogens with one attached hydrogen (secondary N) is 1. The van der Waals surface area contributed by atoms with Gasteiger partial charge in [-0.25, -0.2) is 13.8 Å². The van der Waals surface area contributed by atoms with E-state index in [-0.39, 0.29) is 6.04 Å². The number of hydrogen-bond acceptors (Lipinski definition) is 2. The highest BCUT2D eigenvalue weighted by Gasteiger charge is 2.11. The van der Waals surface area contributed by atoms with E-state index >= 15 is 0 Å². The molecule has 2 aromatic rings. The maximum absolute atomic E-state index is 13.2. The molecule has 0 spiro atoms. The number of nitrogens with zero attached hydrogens (tertiary/aromatic N) is 1. The molecule has 1 unspecified atom stereocenters. The first-order valence-electron chi connectivity index (χ1n) is 5.49. The van der Waals surface area contributed by atoms with Gasteiger partial charge in [0.1, 0.15) is 11.6 Å². The Balaban J connectivity index is 2.25. The maximum Gasteiger partial charge on any atom is 0.152 e. The minimum Gasteiger partial charge on any atom is -0.376 e. The molecule has 0 aliphatic rings. The minimum absolute atomic E-state index is 0.298. The SMILES string of the molecule is CC(Nc1cc(Br)cnc1Cl)c1cc(F)cc(F)c1. The largest absolute Gasteiger partial charge is 0.376 e. The first-order chi connectivity index (χ1) is 8.95. The Labute approximate surface area is 122 Å². The molecule has 0 aliphatic heterocycles.